The molecule has 2 aromatic rings. The molecule has 1 aliphatic heterocycles. The number of benzene rings is 1. The molecule has 0 saturated carbocycles. The lowest BCUT2D eigenvalue weighted by molar-refractivity contribution is 0.0390. The first-order chi connectivity index (χ1) is 10.4. The molecule has 2 unspecified atom stereocenters. The summed E-state index contributed by atoms with van der Waals surface area (Å²) in [5.74, 6) is 0.569. The van der Waals surface area contributed by atoms with Gasteiger partial charge in [-0.05, 0) is 49.6 Å². The fourth-order valence-corrected chi connectivity index (χ4v) is 3.17. The maximum Gasteiger partial charge on any atom is 0.0702 e. The Kier molecular flexibility index (Phi) is 4.84. The van der Waals surface area contributed by atoms with Crippen LogP contribution in [0.1, 0.15) is 37.8 Å². The van der Waals surface area contributed by atoms with Crippen molar-refractivity contribution in [3.63, 3.8) is 0 Å². The van der Waals surface area contributed by atoms with E-state index >= 15 is 0 Å². The van der Waals surface area contributed by atoms with Crippen molar-refractivity contribution in [1.29, 1.82) is 0 Å². The molecule has 3 heteroatoms. The quantitative estimate of drug-likeness (QED) is 0.909. The van der Waals surface area contributed by atoms with Crippen LogP contribution in [-0.4, -0.2) is 24.7 Å². The number of aromatic nitrogens is 1. The van der Waals surface area contributed by atoms with E-state index in [4.69, 9.17) is 4.74 Å². The summed E-state index contributed by atoms with van der Waals surface area (Å²) in [6.45, 7) is 5.04. The Bertz CT molecular complexity index is 578. The van der Waals surface area contributed by atoms with Gasteiger partial charge in [0.05, 0.1) is 12.1 Å². The number of hydrogen-bond donors (Lipinski definition) is 1. The van der Waals surface area contributed by atoms with Gasteiger partial charge in [-0.2, -0.15) is 0 Å². The summed E-state index contributed by atoms with van der Waals surface area (Å²) in [6.07, 6.45) is 5.42. The highest BCUT2D eigenvalue weighted by Crippen LogP contribution is 2.30. The predicted molar refractivity (Wildman–Crippen MR) is 86.3 cm³/mol. The summed E-state index contributed by atoms with van der Waals surface area (Å²) in [5, 5.41) is 4.94. The first kappa shape index (κ1) is 14.5. The molecule has 0 bridgehead atoms. The third kappa shape index (κ3) is 3.42. The van der Waals surface area contributed by atoms with Crippen molar-refractivity contribution >= 4 is 10.9 Å². The van der Waals surface area contributed by atoms with E-state index in [-0.39, 0.29) is 0 Å². The van der Waals surface area contributed by atoms with E-state index in [2.05, 4.69) is 41.5 Å². The van der Waals surface area contributed by atoms with Crippen molar-refractivity contribution in [1.82, 2.24) is 10.3 Å². The van der Waals surface area contributed by atoms with Crippen molar-refractivity contribution in [2.45, 2.75) is 32.2 Å². The molecule has 1 aliphatic rings. The number of nitrogens with zero attached hydrogens (tertiary/aromatic N) is 1. The van der Waals surface area contributed by atoms with E-state index in [9.17, 15) is 0 Å². The van der Waals surface area contributed by atoms with Gasteiger partial charge in [-0.1, -0.05) is 19.1 Å². The molecule has 0 spiro atoms. The first-order valence-electron chi connectivity index (χ1n) is 8.04. The van der Waals surface area contributed by atoms with Crippen molar-refractivity contribution in [3.8, 4) is 0 Å². The zero-order valence-corrected chi connectivity index (χ0v) is 12.7. The lowest BCUT2D eigenvalue weighted by Gasteiger charge is -2.31. The van der Waals surface area contributed by atoms with E-state index in [0.29, 0.717) is 12.0 Å². The summed E-state index contributed by atoms with van der Waals surface area (Å²) in [6, 6.07) is 11.2. The van der Waals surface area contributed by atoms with Gasteiger partial charge >= 0.3 is 0 Å². The topological polar surface area (TPSA) is 34.2 Å². The third-order valence-corrected chi connectivity index (χ3v) is 4.27. The van der Waals surface area contributed by atoms with Gasteiger partial charge in [0.25, 0.3) is 0 Å². The van der Waals surface area contributed by atoms with Crippen LogP contribution in [0.5, 0.6) is 0 Å². The summed E-state index contributed by atoms with van der Waals surface area (Å²) < 4.78 is 5.70. The Morgan fingerprint density at radius 1 is 1.38 bits per heavy atom. The molecular formula is C18H24N2O. The number of hydrogen-bond acceptors (Lipinski definition) is 3. The number of pyridine rings is 1. The zero-order valence-electron chi connectivity index (χ0n) is 12.7. The van der Waals surface area contributed by atoms with Gasteiger partial charge in [0.2, 0.25) is 0 Å². The molecule has 1 aromatic heterocycles. The molecule has 3 rings (SSSR count). The molecular weight excluding hydrogens is 260 g/mol. The average Bonchev–Trinajstić information content (AvgIpc) is 2.56. The SMILES string of the molecule is CCCNC(c1ccc2ncccc2c1)C1CCCOC1. The minimum absolute atomic E-state index is 0.384. The largest absolute Gasteiger partial charge is 0.381 e. The Balaban J connectivity index is 1.88. The zero-order chi connectivity index (χ0) is 14.5. The van der Waals surface area contributed by atoms with Crippen LogP contribution in [0.4, 0.5) is 0 Å². The minimum atomic E-state index is 0.384. The van der Waals surface area contributed by atoms with Gasteiger partial charge in [-0.3, -0.25) is 4.98 Å². The lowest BCUT2D eigenvalue weighted by Crippen LogP contribution is -2.33. The molecule has 1 aromatic carbocycles. The normalized spacial score (nSPS) is 20.5. The smallest absolute Gasteiger partial charge is 0.0702 e. The summed E-state index contributed by atoms with van der Waals surface area (Å²) in [7, 11) is 0. The van der Waals surface area contributed by atoms with Crippen LogP contribution >= 0.6 is 0 Å². The Hall–Kier alpha value is -1.45. The van der Waals surface area contributed by atoms with Crippen molar-refractivity contribution < 1.29 is 4.74 Å². The van der Waals surface area contributed by atoms with Crippen LogP contribution in [0.2, 0.25) is 0 Å². The van der Waals surface area contributed by atoms with E-state index < -0.39 is 0 Å². The second-order valence-corrected chi connectivity index (χ2v) is 5.86. The van der Waals surface area contributed by atoms with Gasteiger partial charge in [-0.25, -0.2) is 0 Å². The summed E-state index contributed by atoms with van der Waals surface area (Å²) in [5.41, 5.74) is 2.43. The maximum atomic E-state index is 5.70. The highest BCUT2D eigenvalue weighted by Gasteiger charge is 2.25. The van der Waals surface area contributed by atoms with Crippen molar-refractivity contribution in [2.24, 2.45) is 5.92 Å². The molecule has 0 aliphatic carbocycles. The number of fused-ring (bicyclic) bond motifs is 1. The van der Waals surface area contributed by atoms with Crippen LogP contribution < -0.4 is 5.32 Å². The van der Waals surface area contributed by atoms with Gasteiger partial charge in [0.15, 0.2) is 0 Å². The lowest BCUT2D eigenvalue weighted by atomic mass is 9.88. The number of ether oxygens (including phenoxy) is 1. The maximum absolute atomic E-state index is 5.70. The van der Waals surface area contributed by atoms with Crippen LogP contribution in [0, 0.1) is 5.92 Å². The van der Waals surface area contributed by atoms with Gasteiger partial charge in [0, 0.05) is 30.1 Å². The van der Waals surface area contributed by atoms with Gasteiger partial charge < -0.3 is 10.1 Å². The summed E-state index contributed by atoms with van der Waals surface area (Å²) in [4.78, 5) is 4.41. The minimum Gasteiger partial charge on any atom is -0.381 e. The van der Waals surface area contributed by atoms with E-state index in [1.165, 1.54) is 23.8 Å². The van der Waals surface area contributed by atoms with Gasteiger partial charge in [0.1, 0.15) is 0 Å². The van der Waals surface area contributed by atoms with Crippen LogP contribution in [0.15, 0.2) is 36.5 Å². The Morgan fingerprint density at radius 3 is 3.14 bits per heavy atom. The third-order valence-electron chi connectivity index (χ3n) is 4.27. The van der Waals surface area contributed by atoms with Crippen molar-refractivity contribution in [2.75, 3.05) is 19.8 Å². The van der Waals surface area contributed by atoms with Crippen LogP contribution in [0.25, 0.3) is 10.9 Å². The molecule has 112 valence electrons. The molecule has 2 atom stereocenters. The molecule has 0 amide bonds. The van der Waals surface area contributed by atoms with Crippen LogP contribution in [0.3, 0.4) is 0 Å². The number of rotatable bonds is 5. The van der Waals surface area contributed by atoms with Gasteiger partial charge in [-0.15, -0.1) is 0 Å². The Labute approximate surface area is 126 Å². The molecule has 1 fully saturated rings. The second-order valence-electron chi connectivity index (χ2n) is 5.86. The average molecular weight is 284 g/mol. The molecule has 21 heavy (non-hydrogen) atoms. The molecule has 1 saturated heterocycles. The van der Waals surface area contributed by atoms with E-state index in [1.54, 1.807) is 0 Å². The molecule has 3 nitrogen and oxygen atoms in total. The molecule has 1 N–H and O–H groups in total. The highest BCUT2D eigenvalue weighted by atomic mass is 16.5. The van der Waals surface area contributed by atoms with Crippen molar-refractivity contribution in [3.05, 3.63) is 42.1 Å². The monoisotopic (exact) mass is 284 g/mol. The number of nitrogens with one attached hydrogen (secondary N) is 1. The predicted octanol–water partition coefficient (Wildman–Crippen LogP) is 3.70. The first-order valence-corrected chi connectivity index (χ1v) is 8.04. The van der Waals surface area contributed by atoms with Crippen LogP contribution in [-0.2, 0) is 4.74 Å². The standard InChI is InChI=1S/C18H24N2O/c1-2-9-20-18(16-6-4-11-21-13-16)15-7-8-17-14(12-15)5-3-10-19-17/h3,5,7-8,10,12,16,18,20H,2,4,6,9,11,13H2,1H3. The highest BCUT2D eigenvalue weighted by molar-refractivity contribution is 5.79. The fraction of sp³-hybridized carbons (Fsp3) is 0.500. The fourth-order valence-electron chi connectivity index (χ4n) is 3.17. The van der Waals surface area contributed by atoms with E-state index in [1.807, 2.05) is 12.3 Å². The Morgan fingerprint density at radius 2 is 2.33 bits per heavy atom. The summed E-state index contributed by atoms with van der Waals surface area (Å²) >= 11 is 0. The van der Waals surface area contributed by atoms with E-state index in [0.717, 1.165) is 31.7 Å². The molecule has 0 radical (unpaired) electrons. The second kappa shape index (κ2) is 7.01. The molecule has 2 heterocycles.